The summed E-state index contributed by atoms with van der Waals surface area (Å²) in [5.41, 5.74) is 2.77. The molecule has 0 heterocycles. The second-order valence-electron chi connectivity index (χ2n) is 4.55. The third-order valence-corrected chi connectivity index (χ3v) is 3.89. The largest absolute Gasteiger partial charge is 0.0843 e. The molecule has 1 aliphatic carbocycles. The van der Waals surface area contributed by atoms with Gasteiger partial charge in [0, 0.05) is 10.0 Å². The first-order chi connectivity index (χ1) is 8.24. The Morgan fingerprint density at radius 3 is 1.35 bits per heavy atom. The first-order valence-corrected chi connectivity index (χ1v) is 6.50. The van der Waals surface area contributed by atoms with Crippen LogP contribution in [-0.4, -0.2) is 0 Å². The molecule has 1 saturated carbocycles. The van der Waals surface area contributed by atoms with Crippen molar-refractivity contribution in [3.63, 3.8) is 0 Å². The lowest BCUT2D eigenvalue weighted by atomic mass is 10.0. The zero-order chi connectivity index (χ0) is 11.8. The van der Waals surface area contributed by atoms with Crippen LogP contribution in [0.15, 0.2) is 48.5 Å². The minimum absolute atomic E-state index is 0.647. The van der Waals surface area contributed by atoms with Crippen molar-refractivity contribution in [2.75, 3.05) is 0 Å². The van der Waals surface area contributed by atoms with Gasteiger partial charge in [-0.3, -0.25) is 0 Å². The number of hydrogen-bond acceptors (Lipinski definition) is 0. The van der Waals surface area contributed by atoms with Gasteiger partial charge in [0.2, 0.25) is 0 Å². The minimum Gasteiger partial charge on any atom is -0.0843 e. The quantitative estimate of drug-likeness (QED) is 0.692. The molecule has 3 rings (SSSR count). The molecule has 2 atom stereocenters. The van der Waals surface area contributed by atoms with Crippen molar-refractivity contribution in [1.82, 2.24) is 0 Å². The maximum absolute atomic E-state index is 5.89. The molecule has 0 spiro atoms. The summed E-state index contributed by atoms with van der Waals surface area (Å²) in [6, 6.07) is 16.4. The van der Waals surface area contributed by atoms with Gasteiger partial charge in [0.1, 0.15) is 0 Å². The van der Waals surface area contributed by atoms with Crippen LogP contribution in [0.25, 0.3) is 0 Å². The molecular weight excluding hydrogens is 251 g/mol. The van der Waals surface area contributed by atoms with E-state index in [4.69, 9.17) is 23.2 Å². The van der Waals surface area contributed by atoms with Gasteiger partial charge in [0.15, 0.2) is 0 Å². The van der Waals surface area contributed by atoms with Crippen molar-refractivity contribution in [3.8, 4) is 0 Å². The second-order valence-corrected chi connectivity index (χ2v) is 5.42. The number of halogens is 2. The average molecular weight is 263 g/mol. The van der Waals surface area contributed by atoms with Crippen LogP contribution in [0.2, 0.25) is 10.0 Å². The van der Waals surface area contributed by atoms with Gasteiger partial charge in [-0.15, -0.1) is 0 Å². The highest BCUT2D eigenvalue weighted by Gasteiger charge is 2.39. The van der Waals surface area contributed by atoms with Crippen molar-refractivity contribution < 1.29 is 0 Å². The highest BCUT2D eigenvalue weighted by molar-refractivity contribution is 6.30. The van der Waals surface area contributed by atoms with E-state index in [0.29, 0.717) is 11.8 Å². The van der Waals surface area contributed by atoms with E-state index in [2.05, 4.69) is 24.3 Å². The van der Waals surface area contributed by atoms with Crippen LogP contribution >= 0.6 is 23.2 Å². The average Bonchev–Trinajstić information content (AvgIpc) is 3.11. The Morgan fingerprint density at radius 2 is 1.00 bits per heavy atom. The van der Waals surface area contributed by atoms with Crippen LogP contribution in [0.5, 0.6) is 0 Å². The molecule has 0 saturated heterocycles. The normalized spacial score (nSPS) is 22.5. The lowest BCUT2D eigenvalue weighted by molar-refractivity contribution is 1.03. The summed E-state index contributed by atoms with van der Waals surface area (Å²) in [6.07, 6.45) is 1.23. The van der Waals surface area contributed by atoms with E-state index in [1.54, 1.807) is 0 Å². The zero-order valence-corrected chi connectivity index (χ0v) is 10.7. The summed E-state index contributed by atoms with van der Waals surface area (Å²) in [6.45, 7) is 0. The first kappa shape index (κ1) is 11.1. The maximum atomic E-state index is 5.89. The van der Waals surface area contributed by atoms with E-state index in [9.17, 15) is 0 Å². The Labute approximate surface area is 111 Å². The van der Waals surface area contributed by atoms with E-state index in [1.807, 2.05) is 24.3 Å². The van der Waals surface area contributed by atoms with Crippen molar-refractivity contribution in [2.45, 2.75) is 18.3 Å². The Morgan fingerprint density at radius 1 is 0.647 bits per heavy atom. The Balaban J connectivity index is 1.78. The summed E-state index contributed by atoms with van der Waals surface area (Å²) < 4.78 is 0. The topological polar surface area (TPSA) is 0 Å². The highest BCUT2D eigenvalue weighted by Crippen LogP contribution is 2.54. The van der Waals surface area contributed by atoms with Crippen LogP contribution in [-0.2, 0) is 0 Å². The van der Waals surface area contributed by atoms with Crippen molar-refractivity contribution in [1.29, 1.82) is 0 Å². The molecule has 17 heavy (non-hydrogen) atoms. The smallest absolute Gasteiger partial charge is 0.0406 e. The fraction of sp³-hybridized carbons (Fsp3) is 0.200. The molecule has 0 nitrogen and oxygen atoms in total. The second kappa shape index (κ2) is 4.36. The summed E-state index contributed by atoms with van der Waals surface area (Å²) >= 11 is 11.8. The van der Waals surface area contributed by atoms with Gasteiger partial charge in [0.05, 0.1) is 0 Å². The van der Waals surface area contributed by atoms with Gasteiger partial charge < -0.3 is 0 Å². The Hall–Kier alpha value is -0.980. The van der Waals surface area contributed by atoms with Gasteiger partial charge in [0.25, 0.3) is 0 Å². The molecule has 0 bridgehead atoms. The highest BCUT2D eigenvalue weighted by atomic mass is 35.5. The molecule has 1 aliphatic rings. The molecule has 2 aromatic carbocycles. The van der Waals surface area contributed by atoms with E-state index >= 15 is 0 Å². The summed E-state index contributed by atoms with van der Waals surface area (Å²) in [5, 5.41) is 1.61. The van der Waals surface area contributed by atoms with Crippen LogP contribution in [0.1, 0.15) is 29.4 Å². The Kier molecular flexibility index (Phi) is 2.85. The number of rotatable bonds is 2. The molecule has 2 aromatic rings. The maximum Gasteiger partial charge on any atom is 0.0406 e. The molecule has 0 amide bonds. The van der Waals surface area contributed by atoms with Gasteiger partial charge in [-0.2, -0.15) is 0 Å². The van der Waals surface area contributed by atoms with Crippen molar-refractivity contribution in [3.05, 3.63) is 69.7 Å². The van der Waals surface area contributed by atoms with Crippen LogP contribution < -0.4 is 0 Å². The Bertz CT molecular complexity index is 464. The molecule has 0 aromatic heterocycles. The van der Waals surface area contributed by atoms with Crippen LogP contribution in [0.3, 0.4) is 0 Å². The molecule has 2 heteroatoms. The molecule has 0 aliphatic heterocycles. The SMILES string of the molecule is Clc1ccc([C@@H]2C[C@H]2c2ccc(Cl)cc2)cc1. The molecular formula is C15H12Cl2. The third kappa shape index (κ3) is 2.34. The molecule has 0 radical (unpaired) electrons. The summed E-state index contributed by atoms with van der Waals surface area (Å²) in [7, 11) is 0. The molecule has 0 N–H and O–H groups in total. The van der Waals surface area contributed by atoms with Crippen LogP contribution in [0.4, 0.5) is 0 Å². The van der Waals surface area contributed by atoms with Gasteiger partial charge in [-0.25, -0.2) is 0 Å². The fourth-order valence-corrected chi connectivity index (χ4v) is 2.60. The summed E-state index contributed by atoms with van der Waals surface area (Å²) in [5.74, 6) is 1.29. The predicted octanol–water partition coefficient (Wildman–Crippen LogP) is 5.26. The monoisotopic (exact) mass is 262 g/mol. The number of hydrogen-bond donors (Lipinski definition) is 0. The van der Waals surface area contributed by atoms with E-state index in [-0.39, 0.29) is 0 Å². The fourth-order valence-electron chi connectivity index (χ4n) is 2.35. The van der Waals surface area contributed by atoms with Gasteiger partial charge in [-0.05, 0) is 53.6 Å². The van der Waals surface area contributed by atoms with E-state index < -0.39 is 0 Å². The first-order valence-electron chi connectivity index (χ1n) is 5.75. The van der Waals surface area contributed by atoms with Crippen LogP contribution in [0, 0.1) is 0 Å². The molecule has 1 fully saturated rings. The summed E-state index contributed by atoms with van der Waals surface area (Å²) in [4.78, 5) is 0. The molecule has 86 valence electrons. The minimum atomic E-state index is 0.647. The standard InChI is InChI=1S/C15H12Cl2/c16-12-5-1-10(2-6-12)14-9-15(14)11-3-7-13(17)8-4-11/h1-8,14-15H,9H2/t14-,15-/m0/s1. The number of benzene rings is 2. The lowest BCUT2D eigenvalue weighted by Crippen LogP contribution is -1.84. The van der Waals surface area contributed by atoms with Crippen molar-refractivity contribution in [2.24, 2.45) is 0 Å². The van der Waals surface area contributed by atoms with E-state index in [1.165, 1.54) is 17.5 Å². The molecule has 0 unspecified atom stereocenters. The van der Waals surface area contributed by atoms with Crippen molar-refractivity contribution >= 4 is 23.2 Å². The lowest BCUT2D eigenvalue weighted by Gasteiger charge is -2.02. The predicted molar refractivity (Wildman–Crippen MR) is 73.0 cm³/mol. The van der Waals surface area contributed by atoms with Gasteiger partial charge >= 0.3 is 0 Å². The third-order valence-electron chi connectivity index (χ3n) is 3.39. The zero-order valence-electron chi connectivity index (χ0n) is 9.24. The van der Waals surface area contributed by atoms with Gasteiger partial charge in [-0.1, -0.05) is 47.5 Å². The van der Waals surface area contributed by atoms with E-state index in [0.717, 1.165) is 10.0 Å².